The van der Waals surface area contributed by atoms with Gasteiger partial charge in [-0.15, -0.1) is 0 Å². The summed E-state index contributed by atoms with van der Waals surface area (Å²) in [5.74, 6) is 0.334. The van der Waals surface area contributed by atoms with E-state index < -0.39 is 0 Å². The monoisotopic (exact) mass is 229 g/mol. The van der Waals surface area contributed by atoms with E-state index in [0.717, 1.165) is 22.0 Å². The van der Waals surface area contributed by atoms with Crippen molar-refractivity contribution in [2.75, 3.05) is 6.54 Å². The Morgan fingerprint density at radius 2 is 2.17 bits per heavy atom. The summed E-state index contributed by atoms with van der Waals surface area (Å²) in [7, 11) is 0. The maximum atomic E-state index is 9.47. The van der Waals surface area contributed by atoms with E-state index in [1.165, 1.54) is 0 Å². The van der Waals surface area contributed by atoms with Crippen LogP contribution in [0, 0.1) is 6.92 Å². The van der Waals surface area contributed by atoms with Gasteiger partial charge in [-0.1, -0.05) is 15.9 Å². The lowest BCUT2D eigenvalue weighted by Gasteiger charge is -2.08. The van der Waals surface area contributed by atoms with Gasteiger partial charge >= 0.3 is 0 Å². The molecule has 0 aromatic heterocycles. The standard InChI is InChI=1S/C9H12BrNO/c1-6-7(4-5-11)9(12)3-2-8(6)10/h2-3,12H,4-5,11H2,1H3. The summed E-state index contributed by atoms with van der Waals surface area (Å²) < 4.78 is 1.02. The van der Waals surface area contributed by atoms with Crippen LogP contribution in [-0.2, 0) is 6.42 Å². The molecule has 0 bridgehead atoms. The van der Waals surface area contributed by atoms with Gasteiger partial charge in [-0.05, 0) is 43.1 Å². The highest BCUT2D eigenvalue weighted by molar-refractivity contribution is 9.10. The normalized spacial score (nSPS) is 10.2. The van der Waals surface area contributed by atoms with Crippen molar-refractivity contribution < 1.29 is 5.11 Å². The minimum Gasteiger partial charge on any atom is -0.508 e. The van der Waals surface area contributed by atoms with E-state index in [2.05, 4.69) is 15.9 Å². The van der Waals surface area contributed by atoms with Crippen molar-refractivity contribution in [3.63, 3.8) is 0 Å². The number of phenols is 1. The molecule has 0 amide bonds. The molecule has 0 spiro atoms. The van der Waals surface area contributed by atoms with E-state index in [1.54, 1.807) is 6.07 Å². The molecular weight excluding hydrogens is 218 g/mol. The van der Waals surface area contributed by atoms with Crippen LogP contribution in [0.3, 0.4) is 0 Å². The van der Waals surface area contributed by atoms with Crippen LogP contribution in [0.2, 0.25) is 0 Å². The molecule has 0 aliphatic heterocycles. The molecule has 0 saturated heterocycles. The SMILES string of the molecule is Cc1c(Br)ccc(O)c1CCN. The summed E-state index contributed by atoms with van der Waals surface area (Å²) in [6, 6.07) is 3.52. The molecule has 0 heterocycles. The first-order valence-electron chi connectivity index (χ1n) is 3.84. The van der Waals surface area contributed by atoms with Crippen molar-refractivity contribution >= 4 is 15.9 Å². The third kappa shape index (κ3) is 1.79. The van der Waals surface area contributed by atoms with Crippen LogP contribution < -0.4 is 5.73 Å². The number of nitrogens with two attached hydrogens (primary N) is 1. The van der Waals surface area contributed by atoms with Crippen molar-refractivity contribution in [2.24, 2.45) is 5.73 Å². The lowest BCUT2D eigenvalue weighted by Crippen LogP contribution is -2.04. The molecule has 1 rings (SSSR count). The van der Waals surface area contributed by atoms with Gasteiger partial charge in [-0.25, -0.2) is 0 Å². The second-order valence-electron chi connectivity index (χ2n) is 2.71. The van der Waals surface area contributed by atoms with Gasteiger partial charge in [0, 0.05) is 4.47 Å². The number of halogens is 1. The fourth-order valence-corrected chi connectivity index (χ4v) is 1.55. The highest BCUT2D eigenvalue weighted by atomic mass is 79.9. The number of aromatic hydroxyl groups is 1. The molecule has 0 aliphatic carbocycles. The van der Waals surface area contributed by atoms with Gasteiger partial charge < -0.3 is 10.8 Å². The number of rotatable bonds is 2. The molecule has 66 valence electrons. The van der Waals surface area contributed by atoms with Crippen molar-refractivity contribution in [1.82, 2.24) is 0 Å². The van der Waals surface area contributed by atoms with Gasteiger partial charge in [0.05, 0.1) is 0 Å². The average Bonchev–Trinajstić information content (AvgIpc) is 2.06. The number of benzene rings is 1. The van der Waals surface area contributed by atoms with Crippen molar-refractivity contribution in [1.29, 1.82) is 0 Å². The minimum absolute atomic E-state index is 0.334. The third-order valence-corrected chi connectivity index (χ3v) is 2.76. The Hall–Kier alpha value is -0.540. The van der Waals surface area contributed by atoms with E-state index in [9.17, 15) is 5.11 Å². The van der Waals surface area contributed by atoms with Gasteiger partial charge in [0.15, 0.2) is 0 Å². The summed E-state index contributed by atoms with van der Waals surface area (Å²) in [6.45, 7) is 2.53. The Morgan fingerprint density at radius 1 is 1.50 bits per heavy atom. The quantitative estimate of drug-likeness (QED) is 0.815. The van der Waals surface area contributed by atoms with E-state index in [1.807, 2.05) is 13.0 Å². The van der Waals surface area contributed by atoms with Crippen LogP contribution in [-0.4, -0.2) is 11.7 Å². The fraction of sp³-hybridized carbons (Fsp3) is 0.333. The highest BCUT2D eigenvalue weighted by Crippen LogP contribution is 2.27. The molecule has 12 heavy (non-hydrogen) atoms. The predicted octanol–water partition coefficient (Wildman–Crippen LogP) is 1.96. The van der Waals surface area contributed by atoms with Crippen molar-refractivity contribution in [3.05, 3.63) is 27.7 Å². The highest BCUT2D eigenvalue weighted by Gasteiger charge is 2.06. The summed E-state index contributed by atoms with van der Waals surface area (Å²) >= 11 is 3.40. The molecule has 0 radical (unpaired) electrons. The van der Waals surface area contributed by atoms with Crippen LogP contribution in [0.5, 0.6) is 5.75 Å². The molecule has 2 nitrogen and oxygen atoms in total. The van der Waals surface area contributed by atoms with E-state index in [-0.39, 0.29) is 0 Å². The average molecular weight is 230 g/mol. The van der Waals surface area contributed by atoms with E-state index in [4.69, 9.17) is 5.73 Å². The molecule has 0 unspecified atom stereocenters. The summed E-state index contributed by atoms with van der Waals surface area (Å²) in [6.07, 6.45) is 0.719. The molecule has 0 saturated carbocycles. The lowest BCUT2D eigenvalue weighted by atomic mass is 10.0. The molecule has 0 atom stereocenters. The molecule has 0 aliphatic rings. The van der Waals surface area contributed by atoms with Crippen LogP contribution in [0.15, 0.2) is 16.6 Å². The minimum atomic E-state index is 0.334. The first kappa shape index (κ1) is 9.55. The number of phenolic OH excluding ortho intramolecular Hbond substituents is 1. The first-order valence-corrected chi connectivity index (χ1v) is 4.63. The second-order valence-corrected chi connectivity index (χ2v) is 3.56. The van der Waals surface area contributed by atoms with Crippen LogP contribution in [0.25, 0.3) is 0 Å². The summed E-state index contributed by atoms with van der Waals surface area (Å²) in [5, 5.41) is 9.47. The molecule has 1 aromatic carbocycles. The Kier molecular flexibility index (Phi) is 3.12. The van der Waals surface area contributed by atoms with Gasteiger partial charge in [-0.3, -0.25) is 0 Å². The molecular formula is C9H12BrNO. The summed E-state index contributed by atoms with van der Waals surface area (Å²) in [4.78, 5) is 0. The topological polar surface area (TPSA) is 46.2 Å². The first-order chi connectivity index (χ1) is 5.66. The summed E-state index contributed by atoms with van der Waals surface area (Å²) in [5.41, 5.74) is 7.43. The maximum absolute atomic E-state index is 9.47. The largest absolute Gasteiger partial charge is 0.508 e. The fourth-order valence-electron chi connectivity index (χ4n) is 1.17. The third-order valence-electron chi connectivity index (χ3n) is 1.90. The zero-order valence-electron chi connectivity index (χ0n) is 6.97. The van der Waals surface area contributed by atoms with Crippen molar-refractivity contribution in [3.8, 4) is 5.75 Å². The lowest BCUT2D eigenvalue weighted by molar-refractivity contribution is 0.467. The zero-order valence-corrected chi connectivity index (χ0v) is 8.56. The zero-order chi connectivity index (χ0) is 9.14. The van der Waals surface area contributed by atoms with Crippen LogP contribution >= 0.6 is 15.9 Å². The van der Waals surface area contributed by atoms with Crippen LogP contribution in [0.1, 0.15) is 11.1 Å². The molecule has 3 N–H and O–H groups in total. The molecule has 3 heteroatoms. The Morgan fingerprint density at radius 3 is 2.75 bits per heavy atom. The molecule has 1 aromatic rings. The number of hydrogen-bond donors (Lipinski definition) is 2. The molecule has 0 fully saturated rings. The predicted molar refractivity (Wildman–Crippen MR) is 53.3 cm³/mol. The maximum Gasteiger partial charge on any atom is 0.119 e. The van der Waals surface area contributed by atoms with E-state index >= 15 is 0 Å². The van der Waals surface area contributed by atoms with Gasteiger partial charge in [0.1, 0.15) is 5.75 Å². The number of hydrogen-bond acceptors (Lipinski definition) is 2. The Labute approximate surface area is 80.5 Å². The van der Waals surface area contributed by atoms with Crippen LogP contribution in [0.4, 0.5) is 0 Å². The van der Waals surface area contributed by atoms with Gasteiger partial charge in [-0.2, -0.15) is 0 Å². The van der Waals surface area contributed by atoms with Gasteiger partial charge in [0.25, 0.3) is 0 Å². The second kappa shape index (κ2) is 3.92. The Balaban J connectivity index is 3.14. The Bertz CT molecular complexity index is 286. The van der Waals surface area contributed by atoms with E-state index in [0.29, 0.717) is 12.3 Å². The smallest absolute Gasteiger partial charge is 0.119 e. The van der Waals surface area contributed by atoms with Gasteiger partial charge in [0.2, 0.25) is 0 Å². The van der Waals surface area contributed by atoms with Crippen molar-refractivity contribution in [2.45, 2.75) is 13.3 Å².